The highest BCUT2D eigenvalue weighted by molar-refractivity contribution is 6.13. The molecule has 3 rings (SSSR count). The highest BCUT2D eigenvalue weighted by Gasteiger charge is 2.38. The number of carbonyl (C=O) groups is 7. The predicted molar refractivity (Wildman–Crippen MR) is 153 cm³/mol. The third-order valence-electron chi connectivity index (χ3n) is 7.15. The van der Waals surface area contributed by atoms with Gasteiger partial charge >= 0.3 is 11.9 Å². The summed E-state index contributed by atoms with van der Waals surface area (Å²) in [6, 6.07) is -2.71. The van der Waals surface area contributed by atoms with Crippen LogP contribution in [0.25, 0.3) is 0 Å². The zero-order chi connectivity index (χ0) is 32.6. The fourth-order valence-corrected chi connectivity index (χ4v) is 4.99. The summed E-state index contributed by atoms with van der Waals surface area (Å²) in [5.74, 6) is -4.90. The average molecular weight is 620 g/mol. The molecule has 0 bridgehead atoms. The van der Waals surface area contributed by atoms with Crippen LogP contribution in [0.5, 0.6) is 0 Å². The van der Waals surface area contributed by atoms with Crippen LogP contribution in [0.2, 0.25) is 0 Å². The van der Waals surface area contributed by atoms with E-state index in [9.17, 15) is 38.7 Å². The first-order valence-corrected chi connectivity index (χ1v) is 14.5. The first-order chi connectivity index (χ1) is 20.6. The summed E-state index contributed by atoms with van der Waals surface area (Å²) in [5.41, 5.74) is 0.109. The van der Waals surface area contributed by atoms with Gasteiger partial charge in [-0.25, -0.2) is 9.59 Å². The summed E-state index contributed by atoms with van der Waals surface area (Å²) in [7, 11) is 0. The number of ether oxygens (including phenoxy) is 2. The van der Waals surface area contributed by atoms with Crippen molar-refractivity contribution in [1.29, 1.82) is 0 Å². The maximum absolute atomic E-state index is 12.9. The van der Waals surface area contributed by atoms with Crippen LogP contribution in [-0.2, 0) is 43.0 Å². The van der Waals surface area contributed by atoms with Crippen molar-refractivity contribution < 1.29 is 48.1 Å². The van der Waals surface area contributed by atoms with Gasteiger partial charge in [-0.1, -0.05) is 12.2 Å². The quantitative estimate of drug-likeness (QED) is 0.109. The van der Waals surface area contributed by atoms with Crippen molar-refractivity contribution >= 4 is 41.5 Å². The molecule has 3 aliphatic rings. The molecule has 2 fully saturated rings. The van der Waals surface area contributed by atoms with E-state index in [-0.39, 0.29) is 50.6 Å². The number of esters is 1. The Balaban J connectivity index is 1.52. The van der Waals surface area contributed by atoms with E-state index in [1.54, 1.807) is 25.7 Å². The molecule has 0 aromatic carbocycles. The van der Waals surface area contributed by atoms with Crippen LogP contribution < -0.4 is 16.0 Å². The molecule has 0 aliphatic carbocycles. The van der Waals surface area contributed by atoms with Gasteiger partial charge in [0.2, 0.25) is 17.7 Å². The van der Waals surface area contributed by atoms with Gasteiger partial charge in [0, 0.05) is 51.0 Å². The second-order valence-electron chi connectivity index (χ2n) is 11.9. The second kappa shape index (κ2) is 15.1. The van der Waals surface area contributed by atoms with Gasteiger partial charge in [-0.2, -0.15) is 0 Å². The third kappa shape index (κ3) is 9.98. The number of hydrogen-bond acceptors (Lipinski definition) is 10. The number of rotatable bonds is 14. The van der Waals surface area contributed by atoms with E-state index in [0.717, 1.165) is 22.6 Å². The van der Waals surface area contributed by atoms with Gasteiger partial charge in [0.25, 0.3) is 11.8 Å². The van der Waals surface area contributed by atoms with Gasteiger partial charge in [0.1, 0.15) is 23.9 Å². The van der Waals surface area contributed by atoms with Crippen LogP contribution in [0.4, 0.5) is 0 Å². The fraction of sp³-hybridized carbons (Fsp3) is 0.621. The Morgan fingerprint density at radius 1 is 1.05 bits per heavy atom. The third-order valence-corrected chi connectivity index (χ3v) is 7.15. The molecule has 0 saturated carbocycles. The Kier molecular flexibility index (Phi) is 11.8. The summed E-state index contributed by atoms with van der Waals surface area (Å²) in [6.07, 6.45) is 1.23. The number of hydrogen-bond donors (Lipinski definition) is 4. The molecule has 0 radical (unpaired) electrons. The monoisotopic (exact) mass is 619 g/mol. The molecule has 15 nitrogen and oxygen atoms in total. The SMILES string of the molecule is C=C1CN[C@H](C2OCCN2C(=O)CC[C@H](NC(=O)CC[C@H](NC(=O)CCN2C(=O)C=CC2=O)C(=O)OC(C)(C)C)C(=O)O)C1. The van der Waals surface area contributed by atoms with E-state index >= 15 is 0 Å². The lowest BCUT2D eigenvalue weighted by atomic mass is 10.1. The molecule has 4 atom stereocenters. The fourth-order valence-electron chi connectivity index (χ4n) is 4.99. The Labute approximate surface area is 255 Å². The second-order valence-corrected chi connectivity index (χ2v) is 11.9. The number of imide groups is 1. The molecule has 0 aromatic heterocycles. The van der Waals surface area contributed by atoms with E-state index in [0.29, 0.717) is 26.1 Å². The molecule has 2 saturated heterocycles. The van der Waals surface area contributed by atoms with Crippen LogP contribution in [0.15, 0.2) is 24.3 Å². The molecule has 0 aromatic rings. The van der Waals surface area contributed by atoms with Crippen molar-refractivity contribution in [1.82, 2.24) is 25.8 Å². The first kappa shape index (κ1) is 34.4. The molecule has 242 valence electrons. The van der Waals surface area contributed by atoms with Crippen LogP contribution in [0.3, 0.4) is 0 Å². The van der Waals surface area contributed by atoms with E-state index in [1.165, 1.54) is 0 Å². The van der Waals surface area contributed by atoms with Crippen LogP contribution >= 0.6 is 0 Å². The lowest BCUT2D eigenvalue weighted by molar-refractivity contribution is -0.159. The molecule has 3 heterocycles. The summed E-state index contributed by atoms with van der Waals surface area (Å²) in [4.78, 5) is 88.8. The summed E-state index contributed by atoms with van der Waals surface area (Å²) >= 11 is 0. The van der Waals surface area contributed by atoms with Crippen LogP contribution in [-0.4, -0.2) is 113 Å². The molecule has 0 spiro atoms. The largest absolute Gasteiger partial charge is 0.480 e. The van der Waals surface area contributed by atoms with Crippen LogP contribution in [0, 0.1) is 0 Å². The summed E-state index contributed by atoms with van der Waals surface area (Å²) in [5, 5.41) is 17.8. The Morgan fingerprint density at radius 3 is 2.25 bits per heavy atom. The van der Waals surface area contributed by atoms with E-state index < -0.39 is 59.5 Å². The highest BCUT2D eigenvalue weighted by Crippen LogP contribution is 2.23. The Bertz CT molecular complexity index is 1190. The number of carbonyl (C=O) groups excluding carboxylic acids is 6. The standard InChI is InChI=1S/C29H41N5O10/c1-17-15-20(30-16-17)26-34(13-14-43-26)25(39)8-6-18(27(40)41)31-21(35)7-5-19(28(42)44-29(2,3)4)32-22(36)11-12-33-23(37)9-10-24(33)38/h9-10,18-20,26,30H,1,5-8,11-16H2,2-4H3,(H,31,35)(H,32,36)(H,40,41)/t18-,19-,20-,26?/m0/s1. The van der Waals surface area contributed by atoms with Gasteiger partial charge in [-0.3, -0.25) is 28.9 Å². The van der Waals surface area contributed by atoms with Gasteiger partial charge < -0.3 is 35.4 Å². The normalized spacial score (nSPS) is 21.4. The van der Waals surface area contributed by atoms with E-state index in [2.05, 4.69) is 22.5 Å². The maximum Gasteiger partial charge on any atom is 0.329 e. The number of carboxylic acid groups (broad SMARTS) is 1. The highest BCUT2D eigenvalue weighted by atomic mass is 16.6. The Hall–Kier alpha value is -4.11. The first-order valence-electron chi connectivity index (χ1n) is 14.5. The zero-order valence-electron chi connectivity index (χ0n) is 25.3. The van der Waals surface area contributed by atoms with Crippen molar-refractivity contribution in [2.75, 3.05) is 26.2 Å². The van der Waals surface area contributed by atoms with E-state index in [4.69, 9.17) is 9.47 Å². The number of carboxylic acids is 1. The topological polar surface area (TPSA) is 201 Å². The minimum atomic E-state index is -1.36. The molecule has 5 amide bonds. The van der Waals surface area contributed by atoms with Gasteiger partial charge in [0.05, 0.1) is 12.6 Å². The van der Waals surface area contributed by atoms with Crippen molar-refractivity contribution in [3.05, 3.63) is 24.3 Å². The molecular formula is C29H41N5O10. The smallest absolute Gasteiger partial charge is 0.329 e. The number of nitrogens with zero attached hydrogens (tertiary/aromatic N) is 2. The lowest BCUT2D eigenvalue weighted by Crippen LogP contribution is -2.48. The van der Waals surface area contributed by atoms with Gasteiger partial charge in [-0.15, -0.1) is 0 Å². The average Bonchev–Trinajstić information content (AvgIpc) is 3.66. The van der Waals surface area contributed by atoms with E-state index in [1.807, 2.05) is 0 Å². The maximum atomic E-state index is 12.9. The molecule has 3 aliphatic heterocycles. The van der Waals surface area contributed by atoms with Gasteiger partial charge in [0.15, 0.2) is 0 Å². The number of aliphatic carboxylic acids is 1. The molecule has 15 heteroatoms. The lowest BCUT2D eigenvalue weighted by Gasteiger charge is -2.28. The summed E-state index contributed by atoms with van der Waals surface area (Å²) in [6.45, 7) is 10.0. The van der Waals surface area contributed by atoms with Crippen molar-refractivity contribution in [2.24, 2.45) is 0 Å². The zero-order valence-corrected chi connectivity index (χ0v) is 25.3. The van der Waals surface area contributed by atoms with Crippen LogP contribution in [0.1, 0.15) is 59.3 Å². The van der Waals surface area contributed by atoms with Crippen molar-refractivity contribution in [3.63, 3.8) is 0 Å². The van der Waals surface area contributed by atoms with Crippen molar-refractivity contribution in [3.8, 4) is 0 Å². The molecule has 1 unspecified atom stereocenters. The predicted octanol–water partition coefficient (Wildman–Crippen LogP) is -0.639. The minimum absolute atomic E-state index is 0.0930. The number of nitrogens with one attached hydrogen (secondary N) is 3. The van der Waals surface area contributed by atoms with Gasteiger partial charge in [-0.05, 0) is 40.0 Å². The minimum Gasteiger partial charge on any atom is -0.480 e. The molecule has 4 N–H and O–H groups in total. The molecule has 44 heavy (non-hydrogen) atoms. The summed E-state index contributed by atoms with van der Waals surface area (Å²) < 4.78 is 11.1. The number of amides is 5. The Morgan fingerprint density at radius 2 is 1.66 bits per heavy atom. The van der Waals surface area contributed by atoms with Crippen molar-refractivity contribution in [2.45, 2.75) is 89.3 Å². The molecular weight excluding hydrogens is 578 g/mol.